The van der Waals surface area contributed by atoms with Crippen molar-refractivity contribution in [1.29, 1.82) is 0 Å². The molecule has 3 nitrogen and oxygen atoms in total. The van der Waals surface area contributed by atoms with Gasteiger partial charge in [-0.15, -0.1) is 0 Å². The standard InChI is InChI=1S/C14H21BrO3/c1-5-16-13(17-6-2)9-18-14-10(3)7-12(15)8-11(14)4/h7-8,13H,5-6,9H2,1-4H3. The van der Waals surface area contributed by atoms with Crippen molar-refractivity contribution in [1.82, 2.24) is 0 Å². The summed E-state index contributed by atoms with van der Waals surface area (Å²) in [7, 11) is 0. The van der Waals surface area contributed by atoms with Crippen LogP contribution in [0.1, 0.15) is 25.0 Å². The summed E-state index contributed by atoms with van der Waals surface area (Å²) in [5.41, 5.74) is 2.21. The Morgan fingerprint density at radius 2 is 1.56 bits per heavy atom. The van der Waals surface area contributed by atoms with E-state index in [0.717, 1.165) is 21.3 Å². The van der Waals surface area contributed by atoms with Crippen molar-refractivity contribution in [3.63, 3.8) is 0 Å². The zero-order chi connectivity index (χ0) is 13.5. The fraction of sp³-hybridized carbons (Fsp3) is 0.571. The molecule has 18 heavy (non-hydrogen) atoms. The zero-order valence-electron chi connectivity index (χ0n) is 11.5. The van der Waals surface area contributed by atoms with Crippen molar-refractivity contribution in [3.8, 4) is 5.75 Å². The van der Waals surface area contributed by atoms with Crippen LogP contribution in [0.4, 0.5) is 0 Å². The van der Waals surface area contributed by atoms with Gasteiger partial charge in [-0.05, 0) is 51.0 Å². The number of ether oxygens (including phenoxy) is 3. The van der Waals surface area contributed by atoms with Gasteiger partial charge >= 0.3 is 0 Å². The van der Waals surface area contributed by atoms with Gasteiger partial charge in [0, 0.05) is 17.7 Å². The van der Waals surface area contributed by atoms with Crippen LogP contribution >= 0.6 is 15.9 Å². The molecular weight excluding hydrogens is 296 g/mol. The molecule has 0 radical (unpaired) electrons. The second-order valence-corrected chi connectivity index (χ2v) is 4.94. The van der Waals surface area contributed by atoms with Crippen molar-refractivity contribution >= 4 is 15.9 Å². The van der Waals surface area contributed by atoms with Crippen LogP contribution in [0.25, 0.3) is 0 Å². The molecule has 1 rings (SSSR count). The summed E-state index contributed by atoms with van der Waals surface area (Å²) in [6, 6.07) is 4.08. The molecule has 0 aliphatic carbocycles. The summed E-state index contributed by atoms with van der Waals surface area (Å²) in [5.74, 6) is 0.905. The Hall–Kier alpha value is -0.580. The monoisotopic (exact) mass is 316 g/mol. The maximum Gasteiger partial charge on any atom is 0.191 e. The van der Waals surface area contributed by atoms with Gasteiger partial charge in [0.25, 0.3) is 0 Å². The molecule has 4 heteroatoms. The summed E-state index contributed by atoms with van der Waals surface area (Å²) >= 11 is 3.47. The first-order chi connectivity index (χ1) is 8.58. The number of halogens is 1. The average molecular weight is 317 g/mol. The van der Waals surface area contributed by atoms with Gasteiger partial charge < -0.3 is 14.2 Å². The Morgan fingerprint density at radius 1 is 1.06 bits per heavy atom. The second kappa shape index (κ2) is 7.77. The van der Waals surface area contributed by atoms with Crippen LogP contribution in [-0.4, -0.2) is 26.1 Å². The van der Waals surface area contributed by atoms with Gasteiger partial charge in [-0.1, -0.05) is 15.9 Å². The molecule has 0 bridgehead atoms. The van der Waals surface area contributed by atoms with E-state index in [0.29, 0.717) is 19.8 Å². The van der Waals surface area contributed by atoms with Gasteiger partial charge in [0.05, 0.1) is 0 Å². The Balaban J connectivity index is 2.66. The SMILES string of the molecule is CCOC(COc1c(C)cc(Br)cc1C)OCC. The average Bonchev–Trinajstić information content (AvgIpc) is 2.28. The summed E-state index contributed by atoms with van der Waals surface area (Å²) in [4.78, 5) is 0. The molecule has 0 atom stereocenters. The number of hydrogen-bond acceptors (Lipinski definition) is 3. The van der Waals surface area contributed by atoms with Crippen LogP contribution in [0.5, 0.6) is 5.75 Å². The minimum Gasteiger partial charge on any atom is -0.488 e. The van der Waals surface area contributed by atoms with E-state index in [4.69, 9.17) is 14.2 Å². The lowest BCUT2D eigenvalue weighted by atomic mass is 10.1. The number of rotatable bonds is 7. The molecule has 0 saturated heterocycles. The van der Waals surface area contributed by atoms with Crippen molar-refractivity contribution in [2.24, 2.45) is 0 Å². The van der Waals surface area contributed by atoms with Crippen LogP contribution < -0.4 is 4.74 Å². The molecule has 0 heterocycles. The highest BCUT2D eigenvalue weighted by atomic mass is 79.9. The van der Waals surface area contributed by atoms with E-state index in [1.54, 1.807) is 0 Å². The van der Waals surface area contributed by atoms with Gasteiger partial charge in [-0.3, -0.25) is 0 Å². The first-order valence-corrected chi connectivity index (χ1v) is 7.00. The molecule has 102 valence electrons. The first-order valence-electron chi connectivity index (χ1n) is 6.21. The molecule has 0 aliphatic rings. The topological polar surface area (TPSA) is 27.7 Å². The molecule has 0 fully saturated rings. The highest BCUT2D eigenvalue weighted by Gasteiger charge is 2.11. The van der Waals surface area contributed by atoms with E-state index in [1.165, 1.54) is 0 Å². The molecule has 0 aromatic heterocycles. The first kappa shape index (κ1) is 15.5. The minimum atomic E-state index is -0.303. The van der Waals surface area contributed by atoms with E-state index >= 15 is 0 Å². The van der Waals surface area contributed by atoms with E-state index in [1.807, 2.05) is 39.8 Å². The van der Waals surface area contributed by atoms with Crippen molar-refractivity contribution in [3.05, 3.63) is 27.7 Å². The van der Waals surface area contributed by atoms with Crippen molar-refractivity contribution < 1.29 is 14.2 Å². The molecule has 0 aliphatic heterocycles. The fourth-order valence-corrected chi connectivity index (χ4v) is 2.48. The third kappa shape index (κ3) is 4.59. The molecule has 1 aromatic rings. The lowest BCUT2D eigenvalue weighted by Crippen LogP contribution is -2.25. The van der Waals surface area contributed by atoms with Crippen LogP contribution in [0.3, 0.4) is 0 Å². The van der Waals surface area contributed by atoms with Gasteiger partial charge in [0.15, 0.2) is 6.29 Å². The molecular formula is C14H21BrO3. The van der Waals surface area contributed by atoms with Gasteiger partial charge in [-0.2, -0.15) is 0 Å². The summed E-state index contributed by atoms with van der Waals surface area (Å²) < 4.78 is 17.8. The predicted molar refractivity (Wildman–Crippen MR) is 76.2 cm³/mol. The van der Waals surface area contributed by atoms with Gasteiger partial charge in [0.1, 0.15) is 12.4 Å². The van der Waals surface area contributed by atoms with E-state index in [-0.39, 0.29) is 6.29 Å². The summed E-state index contributed by atoms with van der Waals surface area (Å²) in [5, 5.41) is 0. The third-order valence-corrected chi connectivity index (χ3v) is 2.95. The van der Waals surface area contributed by atoms with Crippen LogP contribution in [0.2, 0.25) is 0 Å². The largest absolute Gasteiger partial charge is 0.488 e. The van der Waals surface area contributed by atoms with E-state index < -0.39 is 0 Å². The number of benzene rings is 1. The maximum atomic E-state index is 5.82. The Bertz CT molecular complexity index is 350. The quantitative estimate of drug-likeness (QED) is 0.715. The van der Waals surface area contributed by atoms with Crippen LogP contribution in [-0.2, 0) is 9.47 Å². The highest BCUT2D eigenvalue weighted by Crippen LogP contribution is 2.27. The molecule has 0 spiro atoms. The van der Waals surface area contributed by atoms with E-state index in [9.17, 15) is 0 Å². The Labute approximate surface area is 118 Å². The minimum absolute atomic E-state index is 0.303. The summed E-state index contributed by atoms with van der Waals surface area (Å²) in [6.45, 7) is 9.60. The van der Waals surface area contributed by atoms with E-state index in [2.05, 4.69) is 15.9 Å². The van der Waals surface area contributed by atoms with Crippen molar-refractivity contribution in [2.45, 2.75) is 34.0 Å². The molecule has 1 aromatic carbocycles. The normalized spacial score (nSPS) is 11.0. The predicted octanol–water partition coefficient (Wildman–Crippen LogP) is 3.84. The highest BCUT2D eigenvalue weighted by molar-refractivity contribution is 9.10. The van der Waals surface area contributed by atoms with Crippen LogP contribution in [0.15, 0.2) is 16.6 Å². The van der Waals surface area contributed by atoms with Crippen LogP contribution in [0, 0.1) is 13.8 Å². The lowest BCUT2D eigenvalue weighted by Gasteiger charge is -2.19. The molecule has 0 unspecified atom stereocenters. The number of aryl methyl sites for hydroxylation is 2. The van der Waals surface area contributed by atoms with Gasteiger partial charge in [0.2, 0.25) is 0 Å². The fourth-order valence-electron chi connectivity index (χ4n) is 1.79. The lowest BCUT2D eigenvalue weighted by molar-refractivity contribution is -0.152. The number of hydrogen-bond donors (Lipinski definition) is 0. The third-order valence-electron chi connectivity index (χ3n) is 2.49. The Morgan fingerprint density at radius 3 is 2.00 bits per heavy atom. The molecule has 0 saturated carbocycles. The zero-order valence-corrected chi connectivity index (χ0v) is 13.0. The Kier molecular flexibility index (Phi) is 6.68. The molecule has 0 N–H and O–H groups in total. The van der Waals surface area contributed by atoms with Gasteiger partial charge in [-0.25, -0.2) is 0 Å². The molecule has 0 amide bonds. The second-order valence-electron chi connectivity index (χ2n) is 4.02. The van der Waals surface area contributed by atoms with Crippen molar-refractivity contribution in [2.75, 3.05) is 19.8 Å². The summed E-state index contributed by atoms with van der Waals surface area (Å²) in [6.07, 6.45) is -0.303. The maximum absolute atomic E-state index is 5.82. The smallest absolute Gasteiger partial charge is 0.191 e.